The number of nitrogens with zero attached hydrogens (tertiary/aromatic N) is 6. The maximum atomic E-state index is 13.2. The number of fused-ring (bicyclic) bond motifs is 2. The second-order valence-corrected chi connectivity index (χ2v) is 14.1. The lowest BCUT2D eigenvalue weighted by molar-refractivity contribution is -0.387. The smallest absolute Gasteiger partial charge is 0.258 e. The van der Waals surface area contributed by atoms with Crippen LogP contribution in [0.2, 0.25) is 0 Å². The Morgan fingerprint density at radius 2 is 1.22 bits per heavy atom. The van der Waals surface area contributed by atoms with Crippen LogP contribution in [-0.2, 0) is 11.4 Å². The summed E-state index contributed by atoms with van der Waals surface area (Å²) in [4.78, 5) is 24.0. The third kappa shape index (κ3) is 5.41. The zero-order valence-electron chi connectivity index (χ0n) is 22.8. The number of alkyl halides is 3. The summed E-state index contributed by atoms with van der Waals surface area (Å²) in [5.74, 6) is 0. The fourth-order valence-corrected chi connectivity index (χ4v) is 8.92. The summed E-state index contributed by atoms with van der Waals surface area (Å²) < 4.78 is 57.9. The Bertz CT molecular complexity index is 2320. The molecule has 0 unspecified atom stereocenters. The fourth-order valence-electron chi connectivity index (χ4n) is 5.02. The monoisotopic (exact) mass is 714 g/mol. The molecule has 0 bridgehead atoms. The van der Waals surface area contributed by atoms with E-state index in [9.17, 15) is 33.4 Å². The van der Waals surface area contributed by atoms with Crippen molar-refractivity contribution in [3.8, 4) is 41.8 Å². The summed E-state index contributed by atoms with van der Waals surface area (Å²) in [6.07, 6.45) is 0. The summed E-state index contributed by atoms with van der Waals surface area (Å²) in [6, 6.07) is 16.1. The molecular formula is C28H13F3N6O4S5. The molecule has 18 heteroatoms. The van der Waals surface area contributed by atoms with Gasteiger partial charge in [-0.3, -0.25) is 20.2 Å². The number of hydrogen-bond acceptors (Lipinski definition) is 12. The SMILES string of the molecule is Cc1cc(-c2ccc(-c3c4c(c(-c5ccc(-c6ccc([N+](=O)[O-])c(SC(F)(F)F)c6)s5)c5nsnc35)N=S=N4)s2)ccc1[N+](=O)[O-]. The van der Waals surface area contributed by atoms with Gasteiger partial charge in [-0.2, -0.15) is 30.6 Å². The van der Waals surface area contributed by atoms with E-state index in [1.165, 1.54) is 40.9 Å². The average molecular weight is 715 g/mol. The first-order valence-corrected chi connectivity index (χ1v) is 16.8. The number of nitro benzene ring substituents is 2. The quantitative estimate of drug-likeness (QED) is 0.0910. The van der Waals surface area contributed by atoms with Crippen LogP contribution in [0.1, 0.15) is 5.56 Å². The molecule has 3 aromatic heterocycles. The van der Waals surface area contributed by atoms with E-state index in [-0.39, 0.29) is 5.69 Å². The highest BCUT2D eigenvalue weighted by Crippen LogP contribution is 2.55. The molecule has 0 atom stereocenters. The number of aryl methyl sites for hydroxylation is 1. The van der Waals surface area contributed by atoms with Gasteiger partial charge in [0, 0.05) is 48.3 Å². The van der Waals surface area contributed by atoms with Crippen LogP contribution >= 0.6 is 46.2 Å². The molecule has 3 aromatic carbocycles. The minimum absolute atomic E-state index is 0.0487. The van der Waals surface area contributed by atoms with E-state index in [0.717, 1.165) is 54.9 Å². The van der Waals surface area contributed by atoms with Crippen LogP contribution in [0.3, 0.4) is 0 Å². The van der Waals surface area contributed by atoms with Gasteiger partial charge in [0.2, 0.25) is 0 Å². The molecule has 0 N–H and O–H groups in total. The molecule has 0 amide bonds. The molecule has 0 aliphatic carbocycles. The second kappa shape index (κ2) is 11.5. The van der Waals surface area contributed by atoms with Gasteiger partial charge in [-0.25, -0.2) is 0 Å². The molecule has 0 fully saturated rings. The summed E-state index contributed by atoms with van der Waals surface area (Å²) in [5, 5.41) is 22.7. The molecule has 4 heterocycles. The number of thiophene rings is 2. The van der Waals surface area contributed by atoms with E-state index in [0.29, 0.717) is 44.0 Å². The summed E-state index contributed by atoms with van der Waals surface area (Å²) in [6.45, 7) is 1.70. The van der Waals surface area contributed by atoms with Gasteiger partial charge in [-0.15, -0.1) is 22.7 Å². The number of hydrogen-bond donors (Lipinski definition) is 0. The zero-order valence-corrected chi connectivity index (χ0v) is 26.8. The molecule has 0 saturated carbocycles. The average Bonchev–Trinajstić information content (AvgIpc) is 3.81. The summed E-state index contributed by atoms with van der Waals surface area (Å²) in [7, 11) is 0. The van der Waals surface area contributed by atoms with E-state index < -0.39 is 37.7 Å². The molecule has 10 nitrogen and oxygen atoms in total. The summed E-state index contributed by atoms with van der Waals surface area (Å²) >= 11 is 4.31. The zero-order chi connectivity index (χ0) is 32.3. The highest BCUT2D eigenvalue weighted by molar-refractivity contribution is 8.00. The maximum absolute atomic E-state index is 13.2. The molecule has 1 aliphatic heterocycles. The third-order valence-corrected chi connectivity index (χ3v) is 11.1. The van der Waals surface area contributed by atoms with Crippen molar-refractivity contribution >= 4 is 91.3 Å². The van der Waals surface area contributed by atoms with Crippen LogP contribution < -0.4 is 0 Å². The minimum Gasteiger partial charge on any atom is -0.258 e. The van der Waals surface area contributed by atoms with E-state index in [1.807, 2.05) is 18.2 Å². The number of aromatic nitrogens is 2. The molecule has 0 radical (unpaired) electrons. The van der Waals surface area contributed by atoms with Gasteiger partial charge < -0.3 is 0 Å². The van der Waals surface area contributed by atoms with Crippen LogP contribution in [0.4, 0.5) is 35.9 Å². The van der Waals surface area contributed by atoms with E-state index in [2.05, 4.69) is 17.5 Å². The molecule has 7 rings (SSSR count). The topological polar surface area (TPSA) is 137 Å². The lowest BCUT2D eigenvalue weighted by atomic mass is 10.0. The molecule has 0 saturated heterocycles. The molecule has 6 aromatic rings. The predicted octanol–water partition coefficient (Wildman–Crippen LogP) is 10.9. The van der Waals surface area contributed by atoms with Crippen LogP contribution in [0, 0.1) is 27.2 Å². The Morgan fingerprint density at radius 3 is 1.72 bits per heavy atom. The van der Waals surface area contributed by atoms with Crippen molar-refractivity contribution in [2.24, 2.45) is 8.73 Å². The largest absolute Gasteiger partial charge is 0.446 e. The first-order valence-electron chi connectivity index (χ1n) is 12.9. The first kappa shape index (κ1) is 30.3. The summed E-state index contributed by atoms with van der Waals surface area (Å²) in [5.41, 5.74) is 0.374. The van der Waals surface area contributed by atoms with Crippen molar-refractivity contribution < 1.29 is 23.0 Å². The van der Waals surface area contributed by atoms with E-state index in [1.54, 1.807) is 25.1 Å². The van der Waals surface area contributed by atoms with Crippen molar-refractivity contribution in [1.29, 1.82) is 0 Å². The highest BCUT2D eigenvalue weighted by atomic mass is 32.2. The predicted molar refractivity (Wildman–Crippen MR) is 176 cm³/mol. The van der Waals surface area contributed by atoms with Gasteiger partial charge in [-0.1, -0.05) is 0 Å². The van der Waals surface area contributed by atoms with Gasteiger partial charge in [-0.05, 0) is 78.3 Å². The van der Waals surface area contributed by atoms with Gasteiger partial charge in [0.25, 0.3) is 11.4 Å². The van der Waals surface area contributed by atoms with Crippen molar-refractivity contribution in [3.05, 3.63) is 86.5 Å². The normalized spacial score (nSPS) is 12.4. The Kier molecular flexibility index (Phi) is 7.55. The Labute approximate surface area is 276 Å². The van der Waals surface area contributed by atoms with Crippen LogP contribution in [0.25, 0.3) is 52.8 Å². The Balaban J connectivity index is 1.31. The van der Waals surface area contributed by atoms with Crippen LogP contribution in [0.15, 0.2) is 74.3 Å². The van der Waals surface area contributed by atoms with Crippen LogP contribution in [0.5, 0.6) is 0 Å². The van der Waals surface area contributed by atoms with Gasteiger partial charge in [0.1, 0.15) is 22.4 Å². The molecule has 230 valence electrons. The minimum atomic E-state index is -4.69. The van der Waals surface area contributed by atoms with E-state index >= 15 is 0 Å². The Hall–Kier alpha value is -4.36. The number of halogens is 3. The van der Waals surface area contributed by atoms with Crippen LogP contribution in [-0.4, -0.2) is 24.1 Å². The molecule has 46 heavy (non-hydrogen) atoms. The number of rotatable bonds is 7. The lowest BCUT2D eigenvalue weighted by Gasteiger charge is -2.10. The molecular weight excluding hydrogens is 702 g/mol. The Morgan fingerprint density at radius 1 is 0.717 bits per heavy atom. The fraction of sp³-hybridized carbons (Fsp3) is 0.0714. The first-order chi connectivity index (χ1) is 22.0. The lowest BCUT2D eigenvalue weighted by Crippen LogP contribution is -2.01. The van der Waals surface area contributed by atoms with Crippen molar-refractivity contribution in [2.75, 3.05) is 0 Å². The number of nitro groups is 2. The third-order valence-electron chi connectivity index (χ3n) is 6.97. The maximum Gasteiger partial charge on any atom is 0.446 e. The number of thioether (sulfide) groups is 1. The van der Waals surface area contributed by atoms with Crippen molar-refractivity contribution in [3.63, 3.8) is 0 Å². The van der Waals surface area contributed by atoms with Gasteiger partial charge in [0.15, 0.2) is 0 Å². The second-order valence-electron chi connectivity index (χ2n) is 9.75. The van der Waals surface area contributed by atoms with Gasteiger partial charge >= 0.3 is 5.51 Å². The highest BCUT2D eigenvalue weighted by Gasteiger charge is 2.33. The van der Waals surface area contributed by atoms with Crippen molar-refractivity contribution in [1.82, 2.24) is 8.75 Å². The number of benzene rings is 3. The molecule has 0 spiro atoms. The van der Waals surface area contributed by atoms with E-state index in [4.69, 9.17) is 0 Å². The standard InChI is InChI=1S/C28H13F3N6O4S5/c1-12-10-13(2-4-15(12)36(38)39)17-6-8-19(42-17)22-24-26(34-45-32-24)23(27-25(22)33-46-35-27)20-9-7-18(43-20)14-3-5-16(37(40)41)21(11-14)44-28(29,30)31/h2-11H,1H3. The van der Waals surface area contributed by atoms with Crippen molar-refractivity contribution in [2.45, 2.75) is 17.3 Å². The molecule has 1 aliphatic rings. The van der Waals surface area contributed by atoms with Gasteiger partial charge in [0.05, 0.1) is 37.8 Å².